The van der Waals surface area contributed by atoms with Crippen molar-refractivity contribution in [3.8, 4) is 11.5 Å². The Morgan fingerprint density at radius 3 is 2.35 bits per heavy atom. The van der Waals surface area contributed by atoms with Gasteiger partial charge in [0.1, 0.15) is 18.1 Å². The number of hydrogen-bond donors (Lipinski definition) is 5. The van der Waals surface area contributed by atoms with E-state index in [1.807, 2.05) is 72.1 Å². The number of fused-ring (bicyclic) bond motifs is 2. The number of aryl methyl sites for hydroxylation is 1. The van der Waals surface area contributed by atoms with Gasteiger partial charge in [0.15, 0.2) is 11.5 Å². The highest BCUT2D eigenvalue weighted by Gasteiger charge is 2.31. The van der Waals surface area contributed by atoms with Crippen molar-refractivity contribution in [1.82, 2.24) is 25.9 Å². The van der Waals surface area contributed by atoms with Crippen LogP contribution in [0.4, 0.5) is 0 Å². The van der Waals surface area contributed by atoms with Crippen LogP contribution in [0.5, 0.6) is 11.5 Å². The fraction of sp³-hybridized carbons (Fsp3) is 0.250. The highest BCUT2D eigenvalue weighted by molar-refractivity contribution is 7.17. The Labute approximate surface area is 285 Å². The number of nitrogens with zero attached hydrogens (tertiary/aromatic N) is 1. The fourth-order valence-corrected chi connectivity index (χ4v) is 6.72. The van der Waals surface area contributed by atoms with Gasteiger partial charge in [-0.15, -0.1) is 11.3 Å². The number of imidazole rings is 1. The molecule has 0 bridgehead atoms. The second-order valence-electron chi connectivity index (χ2n) is 11.7. The minimum atomic E-state index is -1.27. The number of nitrogens with one attached hydrogen (secondary N) is 4. The number of aromatic nitrogens is 2. The first-order chi connectivity index (χ1) is 23.8. The van der Waals surface area contributed by atoms with Gasteiger partial charge in [0.05, 0.1) is 6.33 Å². The third-order valence-corrected chi connectivity index (χ3v) is 9.26. The molecule has 13 heteroatoms. The molecule has 12 nitrogen and oxygen atoms in total. The summed E-state index contributed by atoms with van der Waals surface area (Å²) < 4.78 is 12.1. The smallest absolute Gasteiger partial charge is 0.326 e. The van der Waals surface area contributed by atoms with E-state index in [9.17, 15) is 24.3 Å². The van der Waals surface area contributed by atoms with E-state index in [1.165, 1.54) is 23.9 Å². The van der Waals surface area contributed by atoms with E-state index in [4.69, 9.17) is 9.47 Å². The lowest BCUT2D eigenvalue weighted by Gasteiger charge is -2.25. The number of aromatic amines is 1. The van der Waals surface area contributed by atoms with E-state index in [0.717, 1.165) is 26.8 Å². The summed E-state index contributed by atoms with van der Waals surface area (Å²) in [7, 11) is 0. The molecule has 5 aromatic rings. The number of benzene rings is 3. The summed E-state index contributed by atoms with van der Waals surface area (Å²) in [6.07, 6.45) is 3.59. The molecule has 0 radical (unpaired) electrons. The number of para-hydroxylation sites is 1. The van der Waals surface area contributed by atoms with E-state index >= 15 is 0 Å². The molecule has 0 spiro atoms. The average Bonchev–Trinajstić information content (AvgIpc) is 3.89. The van der Waals surface area contributed by atoms with Crippen molar-refractivity contribution < 1.29 is 33.8 Å². The van der Waals surface area contributed by atoms with Crippen LogP contribution in [0, 0.1) is 0 Å². The van der Waals surface area contributed by atoms with E-state index < -0.39 is 35.9 Å². The SMILES string of the molecule is O=C(CCc1cccc2c1OCO2)N[C@@H](Cc1csc2ccccc12)C(=O)N[C@H](Cc1ccccc1)C(=O)N[C@@H](Cc1cnc[nH]1)C(=O)O. The zero-order chi connectivity index (χ0) is 34.2. The van der Waals surface area contributed by atoms with E-state index in [0.29, 0.717) is 23.6 Å². The third kappa shape index (κ3) is 8.43. The Morgan fingerprint density at radius 2 is 1.57 bits per heavy atom. The largest absolute Gasteiger partial charge is 0.480 e. The number of aliphatic carboxylic acids is 1. The first-order valence-corrected chi connectivity index (χ1v) is 16.7. The summed E-state index contributed by atoms with van der Waals surface area (Å²) in [5.74, 6) is -1.60. The minimum Gasteiger partial charge on any atom is -0.480 e. The van der Waals surface area contributed by atoms with Crippen LogP contribution in [0.15, 0.2) is 90.7 Å². The van der Waals surface area contributed by atoms with Gasteiger partial charge in [-0.1, -0.05) is 60.7 Å². The number of thiophene rings is 1. The molecule has 3 atom stereocenters. The predicted octanol–water partition coefficient (Wildman–Crippen LogP) is 3.55. The van der Waals surface area contributed by atoms with Gasteiger partial charge in [-0.05, 0) is 46.0 Å². The molecule has 0 saturated carbocycles. The van der Waals surface area contributed by atoms with Crippen molar-refractivity contribution in [3.05, 3.63) is 113 Å². The Kier molecular flexibility index (Phi) is 10.5. The topological polar surface area (TPSA) is 172 Å². The molecule has 2 aromatic heterocycles. The van der Waals surface area contributed by atoms with Crippen LogP contribution in [0.1, 0.15) is 28.8 Å². The van der Waals surface area contributed by atoms with E-state index in [2.05, 4.69) is 25.9 Å². The zero-order valence-electron chi connectivity index (χ0n) is 26.4. The quantitative estimate of drug-likeness (QED) is 0.112. The molecule has 252 valence electrons. The van der Waals surface area contributed by atoms with Crippen molar-refractivity contribution in [1.29, 1.82) is 0 Å². The Hall–Kier alpha value is -5.69. The number of ether oxygens (including phenoxy) is 2. The normalized spacial score (nSPS) is 13.7. The van der Waals surface area contributed by atoms with Gasteiger partial charge in [-0.3, -0.25) is 14.4 Å². The monoisotopic (exact) mass is 681 g/mol. The third-order valence-electron chi connectivity index (χ3n) is 8.25. The molecule has 0 fully saturated rings. The highest BCUT2D eigenvalue weighted by atomic mass is 32.1. The van der Waals surface area contributed by atoms with Gasteiger partial charge in [0.2, 0.25) is 24.5 Å². The molecule has 1 aliphatic rings. The Morgan fingerprint density at radius 1 is 0.816 bits per heavy atom. The number of carboxylic acid groups (broad SMARTS) is 1. The van der Waals surface area contributed by atoms with E-state index in [-0.39, 0.29) is 38.4 Å². The standard InChI is InChI=1S/C36H35N5O7S/c42-32(14-13-23-9-6-11-30-33(23)48-21-47-30)39-28(16-24-19-49-31-12-5-4-10-26(24)31)35(44)40-27(15-22-7-2-1-3-8-22)34(43)41-29(36(45)46)17-25-18-37-20-38-25/h1-12,18-20,27-29H,13-17,21H2,(H,37,38)(H,39,42)(H,40,44)(H,41,43)(H,45,46)/t27-,28+,29+/m1/s1. The second kappa shape index (κ2) is 15.5. The summed E-state index contributed by atoms with van der Waals surface area (Å²) >= 11 is 1.54. The summed E-state index contributed by atoms with van der Waals surface area (Å²) in [4.78, 5) is 60.0. The molecule has 0 unspecified atom stereocenters. The van der Waals surface area contributed by atoms with Crippen LogP contribution in [-0.4, -0.2) is 63.7 Å². The summed E-state index contributed by atoms with van der Waals surface area (Å²) in [6, 6.07) is 19.0. The van der Waals surface area contributed by atoms with Crippen LogP contribution in [0.25, 0.3) is 10.1 Å². The van der Waals surface area contributed by atoms with Crippen molar-refractivity contribution >= 4 is 45.1 Å². The van der Waals surface area contributed by atoms with Crippen LogP contribution in [-0.2, 0) is 44.9 Å². The molecular weight excluding hydrogens is 646 g/mol. The Bertz CT molecular complexity index is 1930. The van der Waals surface area contributed by atoms with Crippen LogP contribution < -0.4 is 25.4 Å². The number of carboxylic acids is 1. The van der Waals surface area contributed by atoms with Crippen molar-refractivity contribution in [2.24, 2.45) is 0 Å². The molecule has 5 N–H and O–H groups in total. The van der Waals surface area contributed by atoms with Gasteiger partial charge in [0.25, 0.3) is 0 Å². The molecule has 3 heterocycles. The summed E-state index contributed by atoms with van der Waals surface area (Å²) in [6.45, 7) is 0.115. The molecule has 3 aromatic carbocycles. The van der Waals surface area contributed by atoms with Gasteiger partial charge < -0.3 is 35.5 Å². The number of hydrogen-bond acceptors (Lipinski definition) is 8. The summed E-state index contributed by atoms with van der Waals surface area (Å²) in [5.41, 5.74) is 2.98. The van der Waals surface area contributed by atoms with E-state index in [1.54, 1.807) is 6.07 Å². The highest BCUT2D eigenvalue weighted by Crippen LogP contribution is 2.36. The lowest BCUT2D eigenvalue weighted by Crippen LogP contribution is -2.57. The van der Waals surface area contributed by atoms with Crippen LogP contribution in [0.3, 0.4) is 0 Å². The average molecular weight is 682 g/mol. The molecular formula is C36H35N5O7S. The maximum absolute atomic E-state index is 14.1. The maximum atomic E-state index is 14.1. The van der Waals surface area contributed by atoms with Crippen molar-refractivity contribution in [3.63, 3.8) is 0 Å². The minimum absolute atomic E-state index is 0.0290. The molecule has 6 rings (SSSR count). The lowest BCUT2D eigenvalue weighted by atomic mass is 10.0. The lowest BCUT2D eigenvalue weighted by molar-refractivity contribution is -0.142. The van der Waals surface area contributed by atoms with Gasteiger partial charge in [0, 0.05) is 42.3 Å². The molecule has 3 amide bonds. The summed E-state index contributed by atoms with van der Waals surface area (Å²) in [5, 5.41) is 21.1. The van der Waals surface area contributed by atoms with Crippen LogP contribution >= 0.6 is 11.3 Å². The number of amides is 3. The zero-order valence-corrected chi connectivity index (χ0v) is 27.2. The number of H-pyrrole nitrogens is 1. The molecule has 49 heavy (non-hydrogen) atoms. The molecule has 0 aliphatic carbocycles. The van der Waals surface area contributed by atoms with Gasteiger partial charge in [-0.2, -0.15) is 0 Å². The van der Waals surface area contributed by atoms with Crippen molar-refractivity contribution in [2.45, 2.75) is 50.2 Å². The van der Waals surface area contributed by atoms with Gasteiger partial charge >= 0.3 is 5.97 Å². The molecule has 1 aliphatic heterocycles. The first kappa shape index (κ1) is 33.2. The first-order valence-electron chi connectivity index (χ1n) is 15.8. The fourth-order valence-electron chi connectivity index (χ4n) is 5.74. The molecule has 0 saturated heterocycles. The second-order valence-corrected chi connectivity index (χ2v) is 12.6. The maximum Gasteiger partial charge on any atom is 0.326 e. The number of carbonyl (C=O) groups is 4. The van der Waals surface area contributed by atoms with Crippen LogP contribution in [0.2, 0.25) is 0 Å². The number of carbonyl (C=O) groups excluding carboxylic acids is 3. The predicted molar refractivity (Wildman–Crippen MR) is 182 cm³/mol. The number of rotatable bonds is 15. The van der Waals surface area contributed by atoms with Gasteiger partial charge in [-0.25, -0.2) is 9.78 Å². The van der Waals surface area contributed by atoms with Crippen molar-refractivity contribution in [2.75, 3.05) is 6.79 Å². The Balaban J connectivity index is 1.21.